The highest BCUT2D eigenvalue weighted by atomic mass is 32.2. The zero-order valence-electron chi connectivity index (χ0n) is 42.2. The quantitative estimate of drug-likeness (QED) is 0.0681. The van der Waals surface area contributed by atoms with Gasteiger partial charge in [-0.3, -0.25) is 19.8 Å². The number of carbonyl (C=O) groups is 1. The number of sulfonamides is 1. The van der Waals surface area contributed by atoms with Crippen molar-refractivity contribution in [2.75, 3.05) is 67.7 Å². The number of aromatic amines is 1. The first-order valence-corrected chi connectivity index (χ1v) is 27.7. The number of fused-ring (bicyclic) bond motifs is 3. The van der Waals surface area contributed by atoms with Gasteiger partial charge in [0.2, 0.25) is 5.88 Å². The van der Waals surface area contributed by atoms with Crippen LogP contribution in [0.25, 0.3) is 11.0 Å². The Kier molecular flexibility index (Phi) is 13.2. The lowest BCUT2D eigenvalue weighted by Crippen LogP contribution is -2.63. The Bertz CT molecular complexity index is 3000. The Morgan fingerprint density at radius 1 is 0.945 bits per heavy atom. The molecule has 0 bridgehead atoms. The molecular formula is C55H68N8O9S. The predicted octanol–water partition coefficient (Wildman–Crippen LogP) is 8.82. The molecule has 388 valence electrons. The van der Waals surface area contributed by atoms with Gasteiger partial charge in [0.25, 0.3) is 21.6 Å². The number of nitro benzene ring substituents is 1. The second-order valence-corrected chi connectivity index (χ2v) is 23.8. The molecule has 2 aromatic heterocycles. The fraction of sp³-hybridized carbons (Fsp3) is 0.527. The molecule has 0 unspecified atom stereocenters. The van der Waals surface area contributed by atoms with E-state index in [0.29, 0.717) is 86.4 Å². The summed E-state index contributed by atoms with van der Waals surface area (Å²) in [6.07, 6.45) is 7.90. The number of hydrogen-bond acceptors (Lipinski definition) is 14. The number of ether oxygens (including phenoxy) is 3. The molecule has 5 atom stereocenters. The molecule has 4 N–H and O–H groups in total. The van der Waals surface area contributed by atoms with Gasteiger partial charge in [0.05, 0.1) is 58.6 Å². The molecular weight excluding hydrogens is 949 g/mol. The Balaban J connectivity index is 0.873. The first-order chi connectivity index (χ1) is 35.1. The largest absolute Gasteiger partial charge is 0.468 e. The van der Waals surface area contributed by atoms with Crippen molar-refractivity contribution in [2.24, 2.45) is 17.3 Å². The minimum absolute atomic E-state index is 0.113. The summed E-state index contributed by atoms with van der Waals surface area (Å²) in [5.41, 5.74) is 4.81. The molecule has 6 aliphatic rings. The molecule has 0 radical (unpaired) electrons. The average Bonchev–Trinajstić information content (AvgIpc) is 3.85. The molecule has 18 heteroatoms. The molecule has 3 saturated heterocycles. The van der Waals surface area contributed by atoms with E-state index in [2.05, 4.69) is 74.8 Å². The van der Waals surface area contributed by atoms with Crippen LogP contribution in [-0.2, 0) is 19.5 Å². The van der Waals surface area contributed by atoms with Crippen molar-refractivity contribution in [3.63, 3.8) is 0 Å². The summed E-state index contributed by atoms with van der Waals surface area (Å²) in [7, 11) is -4.63. The number of H-pyrrole nitrogens is 1. The summed E-state index contributed by atoms with van der Waals surface area (Å²) in [6, 6.07) is 22.4. The first kappa shape index (κ1) is 49.4. The third-order valence-corrected chi connectivity index (χ3v) is 18.7. The molecule has 6 heterocycles. The van der Waals surface area contributed by atoms with E-state index in [1.807, 2.05) is 37.4 Å². The van der Waals surface area contributed by atoms with Gasteiger partial charge in [-0.15, -0.1) is 0 Å². The van der Waals surface area contributed by atoms with Gasteiger partial charge in [-0.1, -0.05) is 45.0 Å². The molecule has 5 fully saturated rings. The van der Waals surface area contributed by atoms with E-state index in [1.54, 1.807) is 6.07 Å². The van der Waals surface area contributed by atoms with Crippen LogP contribution in [0.5, 0.6) is 5.88 Å². The SMILES string of the molecule is CC(C)c1ccccc1[C@@H]1COCCN1[C@H]1CC2(CCN(c3ccc(C(=O)NS(=O)(=O)c4ccc(NC[C@H]5CC[C@](C)(O)CC5)c([N+](=O)[O-])c4)c(N4c5cc6cc[nH]c6nc5O[C@H]5COCC[C@@H]54)c3)CC2)[C@H]1C. The number of aromatic nitrogens is 2. The normalized spacial score (nSPS) is 27.2. The molecule has 5 aromatic rings. The lowest BCUT2D eigenvalue weighted by atomic mass is 9.53. The van der Waals surface area contributed by atoms with Crippen molar-refractivity contribution in [1.29, 1.82) is 0 Å². The Morgan fingerprint density at radius 3 is 2.49 bits per heavy atom. The molecule has 17 nitrogen and oxygen atoms in total. The average molecular weight is 1020 g/mol. The van der Waals surface area contributed by atoms with Crippen LogP contribution in [0.1, 0.15) is 113 Å². The number of morpholine rings is 1. The van der Waals surface area contributed by atoms with Crippen LogP contribution in [0.4, 0.5) is 28.4 Å². The maximum atomic E-state index is 14.7. The standard InChI is InChI=1S/C55H68N8O9S/c1-34(2)40-7-5-6-8-41(40)49-32-71-26-24-61(49)48-30-55(35(48)3)19-22-60(23-20-55)38-9-11-42(45(28-38)62-44-16-25-70-33-50(44)72-53-47(62)27-37-15-21-56-51(37)58-53)52(64)59-73(68,69)39-10-12-43(46(29-39)63(66)67)57-31-36-13-17-54(4,65)18-14-36/h5-12,15,21,27-29,34-36,44,48-50,57,65H,13-14,16-20,22-26,30-33H2,1-4H3,(H,56,58)(H,59,64)/t35-,36-,44-,48-,49-,50-,54-/m0/s1. The summed E-state index contributed by atoms with van der Waals surface area (Å²) < 4.78 is 49.3. The number of aliphatic hydroxyl groups is 1. The maximum Gasteiger partial charge on any atom is 0.293 e. The van der Waals surface area contributed by atoms with E-state index in [4.69, 9.17) is 19.2 Å². The van der Waals surface area contributed by atoms with Crippen LogP contribution in [0.15, 0.2) is 83.9 Å². The minimum Gasteiger partial charge on any atom is -0.468 e. The molecule has 4 aliphatic heterocycles. The molecule has 2 saturated carbocycles. The first-order valence-electron chi connectivity index (χ1n) is 26.2. The van der Waals surface area contributed by atoms with Gasteiger partial charge in [0.15, 0.2) is 0 Å². The number of nitrogens with one attached hydrogen (secondary N) is 3. The lowest BCUT2D eigenvalue weighted by molar-refractivity contribution is -0.384. The maximum absolute atomic E-state index is 14.7. The lowest BCUT2D eigenvalue weighted by Gasteiger charge is -2.62. The predicted molar refractivity (Wildman–Crippen MR) is 279 cm³/mol. The van der Waals surface area contributed by atoms with Gasteiger partial charge in [-0.05, 0) is 135 Å². The number of benzene rings is 3. The summed E-state index contributed by atoms with van der Waals surface area (Å²) >= 11 is 0. The van der Waals surface area contributed by atoms with Gasteiger partial charge >= 0.3 is 0 Å². The number of hydrogen-bond donors (Lipinski definition) is 4. The van der Waals surface area contributed by atoms with Crippen molar-refractivity contribution < 1.29 is 37.5 Å². The van der Waals surface area contributed by atoms with Crippen molar-refractivity contribution in [3.05, 3.63) is 106 Å². The van der Waals surface area contributed by atoms with Gasteiger partial charge < -0.3 is 39.4 Å². The van der Waals surface area contributed by atoms with E-state index < -0.39 is 43.1 Å². The minimum atomic E-state index is -4.63. The number of pyridine rings is 1. The summed E-state index contributed by atoms with van der Waals surface area (Å²) in [5.74, 6) is 0.599. The Hall–Kier alpha value is -5.79. The fourth-order valence-electron chi connectivity index (χ4n) is 13.0. The molecule has 1 amide bonds. The molecule has 11 rings (SSSR count). The number of rotatable bonds is 12. The Morgan fingerprint density at radius 2 is 1.73 bits per heavy atom. The van der Waals surface area contributed by atoms with Crippen LogP contribution < -0.4 is 24.6 Å². The van der Waals surface area contributed by atoms with E-state index in [1.165, 1.54) is 23.3 Å². The number of nitro groups is 1. The zero-order chi connectivity index (χ0) is 50.8. The number of carbonyl (C=O) groups excluding carboxylic acids is 1. The van der Waals surface area contributed by atoms with Crippen LogP contribution >= 0.6 is 0 Å². The van der Waals surface area contributed by atoms with Crippen molar-refractivity contribution in [2.45, 2.75) is 120 Å². The highest BCUT2D eigenvalue weighted by molar-refractivity contribution is 7.90. The molecule has 73 heavy (non-hydrogen) atoms. The third-order valence-electron chi connectivity index (χ3n) is 17.4. The Labute approximate surface area is 427 Å². The van der Waals surface area contributed by atoms with Crippen LogP contribution in [-0.4, -0.2) is 116 Å². The summed E-state index contributed by atoms with van der Waals surface area (Å²) in [5, 5.41) is 26.8. The van der Waals surface area contributed by atoms with Crippen molar-refractivity contribution in [1.82, 2.24) is 19.6 Å². The van der Waals surface area contributed by atoms with Crippen LogP contribution in [0.2, 0.25) is 0 Å². The number of amides is 1. The van der Waals surface area contributed by atoms with Gasteiger partial charge in [-0.2, -0.15) is 4.98 Å². The van der Waals surface area contributed by atoms with E-state index in [0.717, 1.165) is 75.5 Å². The number of nitrogens with zero attached hydrogens (tertiary/aromatic N) is 5. The highest BCUT2D eigenvalue weighted by Crippen LogP contribution is 2.57. The third kappa shape index (κ3) is 9.42. The van der Waals surface area contributed by atoms with Gasteiger partial charge in [-0.25, -0.2) is 13.1 Å². The number of piperidine rings is 1. The number of anilines is 4. The highest BCUT2D eigenvalue weighted by Gasteiger charge is 2.55. The second-order valence-electron chi connectivity index (χ2n) is 22.1. The van der Waals surface area contributed by atoms with Gasteiger partial charge in [0, 0.05) is 62.2 Å². The summed E-state index contributed by atoms with van der Waals surface area (Å²) in [4.78, 5) is 41.3. The van der Waals surface area contributed by atoms with Gasteiger partial charge in [0.1, 0.15) is 23.1 Å². The van der Waals surface area contributed by atoms with Crippen molar-refractivity contribution in [3.8, 4) is 5.88 Å². The summed E-state index contributed by atoms with van der Waals surface area (Å²) in [6.45, 7) is 14.0. The van der Waals surface area contributed by atoms with E-state index in [9.17, 15) is 28.4 Å². The van der Waals surface area contributed by atoms with E-state index in [-0.39, 0.29) is 34.7 Å². The topological polar surface area (TPSA) is 205 Å². The molecule has 2 aliphatic carbocycles. The van der Waals surface area contributed by atoms with Crippen molar-refractivity contribution >= 4 is 55.4 Å². The monoisotopic (exact) mass is 1020 g/mol. The van der Waals surface area contributed by atoms with E-state index >= 15 is 0 Å². The molecule has 1 spiro atoms. The second kappa shape index (κ2) is 19.5. The fourth-order valence-corrected chi connectivity index (χ4v) is 13.9. The van der Waals surface area contributed by atoms with Crippen LogP contribution in [0.3, 0.4) is 0 Å². The smallest absolute Gasteiger partial charge is 0.293 e. The zero-order valence-corrected chi connectivity index (χ0v) is 43.0. The molecule has 3 aromatic carbocycles. The van der Waals surface area contributed by atoms with Crippen LogP contribution in [0, 0.1) is 27.4 Å².